The van der Waals surface area contributed by atoms with Gasteiger partial charge >= 0.3 is 0 Å². The van der Waals surface area contributed by atoms with Gasteiger partial charge in [-0.2, -0.15) is 0 Å². The molecule has 2 rings (SSSR count). The maximum absolute atomic E-state index is 5.87. The summed E-state index contributed by atoms with van der Waals surface area (Å²) < 4.78 is 1.12. The van der Waals surface area contributed by atoms with Crippen LogP contribution in [-0.4, -0.2) is 30.6 Å². The van der Waals surface area contributed by atoms with Gasteiger partial charge in [0.25, 0.3) is 0 Å². The second-order valence-electron chi connectivity index (χ2n) is 5.75. The molecule has 1 fully saturated rings. The summed E-state index contributed by atoms with van der Waals surface area (Å²) in [5.41, 5.74) is 4.60. The first kappa shape index (κ1) is 15.0. The summed E-state index contributed by atoms with van der Waals surface area (Å²) in [6.45, 7) is 0. The van der Waals surface area contributed by atoms with Gasteiger partial charge in [-0.3, -0.25) is 11.3 Å². The van der Waals surface area contributed by atoms with E-state index in [1.807, 2.05) is 0 Å². The Kier molecular flexibility index (Phi) is 5.01. The number of nitrogens with one attached hydrogen (secondary N) is 1. The largest absolute Gasteiger partial charge is 0.302 e. The molecular weight excluding hydrogens is 302 g/mol. The molecule has 1 aliphatic carbocycles. The lowest BCUT2D eigenvalue weighted by molar-refractivity contribution is 0.104. The SMILES string of the molecule is CN(C)C1(C(Cc2ccc(Br)cc2)NN)CCCC1. The van der Waals surface area contributed by atoms with Crippen molar-refractivity contribution >= 4 is 15.9 Å². The van der Waals surface area contributed by atoms with E-state index in [0.717, 1.165) is 10.9 Å². The topological polar surface area (TPSA) is 41.3 Å². The van der Waals surface area contributed by atoms with Crippen molar-refractivity contribution < 1.29 is 0 Å². The number of halogens is 1. The predicted octanol–water partition coefficient (Wildman–Crippen LogP) is 2.70. The Morgan fingerprint density at radius 2 is 1.84 bits per heavy atom. The molecule has 1 unspecified atom stereocenters. The van der Waals surface area contributed by atoms with Gasteiger partial charge in [0, 0.05) is 16.1 Å². The second-order valence-corrected chi connectivity index (χ2v) is 6.67. The van der Waals surface area contributed by atoms with Gasteiger partial charge in [0.15, 0.2) is 0 Å². The van der Waals surface area contributed by atoms with Crippen LogP contribution in [-0.2, 0) is 6.42 Å². The average molecular weight is 326 g/mol. The summed E-state index contributed by atoms with van der Waals surface area (Å²) in [6.07, 6.45) is 6.03. The summed E-state index contributed by atoms with van der Waals surface area (Å²) in [5.74, 6) is 5.87. The third kappa shape index (κ3) is 3.19. The highest BCUT2D eigenvalue weighted by atomic mass is 79.9. The number of hydrogen-bond donors (Lipinski definition) is 2. The Morgan fingerprint density at radius 3 is 2.32 bits per heavy atom. The highest BCUT2D eigenvalue weighted by Crippen LogP contribution is 2.37. The van der Waals surface area contributed by atoms with Crippen LogP contribution in [0, 0.1) is 0 Å². The lowest BCUT2D eigenvalue weighted by Gasteiger charge is -2.43. The van der Waals surface area contributed by atoms with Crippen molar-refractivity contribution in [1.82, 2.24) is 10.3 Å². The molecular formula is C15H24BrN3. The fourth-order valence-corrected chi connectivity index (χ4v) is 3.62. The maximum atomic E-state index is 5.87. The van der Waals surface area contributed by atoms with Crippen LogP contribution in [0.1, 0.15) is 31.2 Å². The Morgan fingerprint density at radius 1 is 1.26 bits per heavy atom. The van der Waals surface area contributed by atoms with Crippen molar-refractivity contribution in [3.8, 4) is 0 Å². The molecule has 0 saturated heterocycles. The van der Waals surface area contributed by atoms with Crippen molar-refractivity contribution in [3.63, 3.8) is 0 Å². The van der Waals surface area contributed by atoms with E-state index in [1.165, 1.54) is 31.2 Å². The van der Waals surface area contributed by atoms with E-state index in [9.17, 15) is 0 Å². The van der Waals surface area contributed by atoms with Crippen molar-refractivity contribution in [1.29, 1.82) is 0 Å². The van der Waals surface area contributed by atoms with Crippen molar-refractivity contribution in [2.75, 3.05) is 14.1 Å². The van der Waals surface area contributed by atoms with Crippen LogP contribution < -0.4 is 11.3 Å². The van der Waals surface area contributed by atoms with E-state index in [-0.39, 0.29) is 5.54 Å². The molecule has 1 aliphatic rings. The Balaban J connectivity index is 2.16. The Labute approximate surface area is 124 Å². The standard InChI is InChI=1S/C15H24BrN3/c1-19(2)15(9-3-4-10-15)14(18-17)11-12-5-7-13(16)8-6-12/h5-8,14,18H,3-4,9-11,17H2,1-2H3. The first-order valence-corrected chi connectivity index (χ1v) is 7.76. The van der Waals surface area contributed by atoms with Gasteiger partial charge in [0.05, 0.1) is 0 Å². The lowest BCUT2D eigenvalue weighted by atomic mass is 9.83. The van der Waals surface area contributed by atoms with Gasteiger partial charge in [-0.25, -0.2) is 0 Å². The minimum atomic E-state index is 0.196. The van der Waals surface area contributed by atoms with E-state index in [1.54, 1.807) is 0 Å². The molecule has 3 nitrogen and oxygen atoms in total. The highest BCUT2D eigenvalue weighted by molar-refractivity contribution is 9.10. The number of nitrogens with zero attached hydrogens (tertiary/aromatic N) is 1. The van der Waals surface area contributed by atoms with E-state index >= 15 is 0 Å². The molecule has 0 aliphatic heterocycles. The zero-order valence-corrected chi connectivity index (χ0v) is 13.4. The normalized spacial score (nSPS) is 19.8. The second kappa shape index (κ2) is 6.35. The molecule has 4 heteroatoms. The summed E-state index contributed by atoms with van der Waals surface area (Å²) in [7, 11) is 4.36. The van der Waals surface area contributed by atoms with Gasteiger partial charge in [-0.15, -0.1) is 0 Å². The molecule has 1 atom stereocenters. The van der Waals surface area contributed by atoms with Crippen LogP contribution in [0.3, 0.4) is 0 Å². The number of benzene rings is 1. The molecule has 19 heavy (non-hydrogen) atoms. The molecule has 0 radical (unpaired) electrons. The third-order valence-corrected chi connectivity index (χ3v) is 5.09. The predicted molar refractivity (Wildman–Crippen MR) is 83.8 cm³/mol. The third-order valence-electron chi connectivity index (χ3n) is 4.56. The van der Waals surface area contributed by atoms with Crippen LogP contribution in [0.4, 0.5) is 0 Å². The Hall–Kier alpha value is -0.420. The maximum Gasteiger partial charge on any atom is 0.0434 e. The molecule has 0 bridgehead atoms. The molecule has 1 aromatic rings. The van der Waals surface area contributed by atoms with Gasteiger partial charge in [0.1, 0.15) is 0 Å². The monoisotopic (exact) mass is 325 g/mol. The van der Waals surface area contributed by atoms with Crippen molar-refractivity contribution in [2.24, 2.45) is 5.84 Å². The number of nitrogens with two attached hydrogens (primary N) is 1. The smallest absolute Gasteiger partial charge is 0.0434 e. The summed E-state index contributed by atoms with van der Waals surface area (Å²) in [4.78, 5) is 2.36. The van der Waals surface area contributed by atoms with Crippen molar-refractivity contribution in [3.05, 3.63) is 34.3 Å². The van der Waals surface area contributed by atoms with Crippen molar-refractivity contribution in [2.45, 2.75) is 43.7 Å². The molecule has 0 aromatic heterocycles. The van der Waals surface area contributed by atoms with Crippen LogP contribution in [0.15, 0.2) is 28.7 Å². The van der Waals surface area contributed by atoms with Crippen LogP contribution >= 0.6 is 15.9 Å². The fraction of sp³-hybridized carbons (Fsp3) is 0.600. The summed E-state index contributed by atoms with van der Waals surface area (Å²) in [6, 6.07) is 8.84. The molecule has 106 valence electrons. The van der Waals surface area contributed by atoms with E-state index in [2.05, 4.69) is 64.6 Å². The molecule has 3 N–H and O–H groups in total. The number of hydrazine groups is 1. The molecule has 0 amide bonds. The van der Waals surface area contributed by atoms with E-state index < -0.39 is 0 Å². The number of rotatable bonds is 5. The zero-order chi connectivity index (χ0) is 13.9. The number of hydrogen-bond acceptors (Lipinski definition) is 3. The highest BCUT2D eigenvalue weighted by Gasteiger charge is 2.42. The minimum absolute atomic E-state index is 0.196. The quantitative estimate of drug-likeness (QED) is 0.646. The molecule has 0 heterocycles. The van der Waals surface area contributed by atoms with Gasteiger partial charge < -0.3 is 4.90 Å². The van der Waals surface area contributed by atoms with Crippen LogP contribution in [0.2, 0.25) is 0 Å². The first-order chi connectivity index (χ1) is 9.08. The average Bonchev–Trinajstić information content (AvgIpc) is 2.88. The van der Waals surface area contributed by atoms with E-state index in [0.29, 0.717) is 6.04 Å². The summed E-state index contributed by atoms with van der Waals surface area (Å²) >= 11 is 3.48. The van der Waals surface area contributed by atoms with Crippen LogP contribution in [0.25, 0.3) is 0 Å². The van der Waals surface area contributed by atoms with Gasteiger partial charge in [0.2, 0.25) is 0 Å². The molecule has 1 aromatic carbocycles. The number of likely N-dealkylation sites (N-methyl/N-ethyl adjacent to an activating group) is 1. The zero-order valence-electron chi connectivity index (χ0n) is 11.8. The fourth-order valence-electron chi connectivity index (χ4n) is 3.35. The van der Waals surface area contributed by atoms with Gasteiger partial charge in [-0.05, 0) is 51.1 Å². The van der Waals surface area contributed by atoms with Gasteiger partial charge in [-0.1, -0.05) is 40.9 Å². The molecule has 0 spiro atoms. The first-order valence-electron chi connectivity index (χ1n) is 6.96. The summed E-state index contributed by atoms with van der Waals surface area (Å²) in [5, 5.41) is 0. The van der Waals surface area contributed by atoms with Crippen LogP contribution in [0.5, 0.6) is 0 Å². The minimum Gasteiger partial charge on any atom is -0.302 e. The van der Waals surface area contributed by atoms with E-state index in [4.69, 9.17) is 5.84 Å². The lowest BCUT2D eigenvalue weighted by Crippen LogP contribution is -2.60. The Bertz CT molecular complexity index is 396. The molecule has 1 saturated carbocycles.